The van der Waals surface area contributed by atoms with Gasteiger partial charge in [0, 0.05) is 6.42 Å². The van der Waals surface area contributed by atoms with Gasteiger partial charge < -0.3 is 10.4 Å². The molecule has 1 aliphatic rings. The van der Waals surface area contributed by atoms with Crippen LogP contribution in [0.4, 0.5) is 0 Å². The number of rotatable bonds is 3. The molecule has 0 aromatic carbocycles. The highest BCUT2D eigenvalue weighted by Crippen LogP contribution is 2.24. The number of thiol groups is 1. The minimum Gasteiger partial charge on any atom is -0.480 e. The standard InChI is InChI=1S/C7H11NO3S/c9-5-1-2-7(8-5,3-4-12)6(10)11/h12H,1-4H2,(H,8,9)(H,10,11). The summed E-state index contributed by atoms with van der Waals surface area (Å²) in [6, 6.07) is 0. The maximum atomic E-state index is 10.8. The molecule has 1 fully saturated rings. The van der Waals surface area contributed by atoms with Crippen molar-refractivity contribution in [3.05, 3.63) is 0 Å². The number of carbonyl (C=O) groups is 2. The van der Waals surface area contributed by atoms with E-state index < -0.39 is 11.5 Å². The third-order valence-corrected chi connectivity index (χ3v) is 2.33. The molecular formula is C7H11NO3S. The molecule has 1 saturated heterocycles. The highest BCUT2D eigenvalue weighted by atomic mass is 32.1. The number of carbonyl (C=O) groups excluding carboxylic acids is 1. The van der Waals surface area contributed by atoms with E-state index in [0.717, 1.165) is 0 Å². The van der Waals surface area contributed by atoms with Crippen molar-refractivity contribution in [1.82, 2.24) is 5.32 Å². The van der Waals surface area contributed by atoms with Gasteiger partial charge in [0.2, 0.25) is 5.91 Å². The Balaban J connectivity index is 2.74. The molecule has 0 aliphatic carbocycles. The van der Waals surface area contributed by atoms with Crippen LogP contribution < -0.4 is 5.32 Å². The molecule has 68 valence electrons. The van der Waals surface area contributed by atoms with Crippen molar-refractivity contribution < 1.29 is 14.7 Å². The van der Waals surface area contributed by atoms with Crippen molar-refractivity contribution in [2.75, 3.05) is 5.75 Å². The maximum absolute atomic E-state index is 10.8. The Morgan fingerprint density at radius 1 is 1.75 bits per heavy atom. The summed E-state index contributed by atoms with van der Waals surface area (Å²) in [4.78, 5) is 21.6. The Kier molecular flexibility index (Phi) is 2.62. The van der Waals surface area contributed by atoms with Crippen LogP contribution in [0.2, 0.25) is 0 Å². The molecule has 1 unspecified atom stereocenters. The van der Waals surface area contributed by atoms with Gasteiger partial charge in [0.15, 0.2) is 0 Å². The van der Waals surface area contributed by atoms with Crippen LogP contribution in [0.25, 0.3) is 0 Å². The van der Waals surface area contributed by atoms with Crippen molar-refractivity contribution in [3.63, 3.8) is 0 Å². The molecule has 0 aromatic rings. The van der Waals surface area contributed by atoms with Crippen LogP contribution in [0.15, 0.2) is 0 Å². The van der Waals surface area contributed by atoms with Crippen molar-refractivity contribution in [2.45, 2.75) is 24.8 Å². The number of carboxylic acid groups (broad SMARTS) is 1. The van der Waals surface area contributed by atoms with E-state index in [1.807, 2.05) is 0 Å². The number of amides is 1. The van der Waals surface area contributed by atoms with E-state index in [1.54, 1.807) is 0 Å². The zero-order valence-electron chi connectivity index (χ0n) is 6.54. The van der Waals surface area contributed by atoms with Gasteiger partial charge in [0.1, 0.15) is 5.54 Å². The van der Waals surface area contributed by atoms with Gasteiger partial charge in [-0.3, -0.25) is 4.79 Å². The number of hydrogen-bond acceptors (Lipinski definition) is 3. The van der Waals surface area contributed by atoms with E-state index in [2.05, 4.69) is 17.9 Å². The first-order chi connectivity index (χ1) is 5.60. The first-order valence-corrected chi connectivity index (χ1v) is 4.39. The minimum absolute atomic E-state index is 0.181. The van der Waals surface area contributed by atoms with E-state index in [0.29, 0.717) is 25.0 Å². The monoisotopic (exact) mass is 189 g/mol. The van der Waals surface area contributed by atoms with Gasteiger partial charge in [-0.2, -0.15) is 12.6 Å². The van der Waals surface area contributed by atoms with Crippen molar-refractivity contribution >= 4 is 24.5 Å². The largest absolute Gasteiger partial charge is 0.480 e. The van der Waals surface area contributed by atoms with E-state index in [-0.39, 0.29) is 5.91 Å². The molecule has 12 heavy (non-hydrogen) atoms. The Morgan fingerprint density at radius 3 is 2.75 bits per heavy atom. The van der Waals surface area contributed by atoms with Crippen LogP contribution in [0.1, 0.15) is 19.3 Å². The molecule has 0 radical (unpaired) electrons. The van der Waals surface area contributed by atoms with Crippen LogP contribution >= 0.6 is 12.6 Å². The van der Waals surface area contributed by atoms with Crippen molar-refractivity contribution in [1.29, 1.82) is 0 Å². The Hall–Kier alpha value is -0.710. The number of hydrogen-bond donors (Lipinski definition) is 3. The van der Waals surface area contributed by atoms with E-state index in [4.69, 9.17) is 5.11 Å². The lowest BCUT2D eigenvalue weighted by atomic mass is 9.95. The van der Waals surface area contributed by atoms with Crippen LogP contribution in [0, 0.1) is 0 Å². The van der Waals surface area contributed by atoms with Gasteiger partial charge in [0.05, 0.1) is 0 Å². The second kappa shape index (κ2) is 3.35. The topological polar surface area (TPSA) is 66.4 Å². The summed E-state index contributed by atoms with van der Waals surface area (Å²) in [5, 5.41) is 11.3. The van der Waals surface area contributed by atoms with Gasteiger partial charge in [0.25, 0.3) is 0 Å². The Labute approximate surface area is 75.7 Å². The lowest BCUT2D eigenvalue weighted by Crippen LogP contribution is -2.49. The molecule has 0 aromatic heterocycles. The molecule has 1 amide bonds. The molecule has 1 heterocycles. The molecule has 1 aliphatic heterocycles. The Morgan fingerprint density at radius 2 is 2.42 bits per heavy atom. The average Bonchev–Trinajstić information content (AvgIpc) is 2.34. The lowest BCUT2D eigenvalue weighted by molar-refractivity contribution is -0.145. The fourth-order valence-corrected chi connectivity index (χ4v) is 1.75. The summed E-state index contributed by atoms with van der Waals surface area (Å²) < 4.78 is 0. The molecule has 0 bridgehead atoms. The molecule has 1 rings (SSSR count). The van der Waals surface area contributed by atoms with E-state index >= 15 is 0 Å². The van der Waals surface area contributed by atoms with E-state index in [1.165, 1.54) is 0 Å². The molecule has 0 saturated carbocycles. The first-order valence-electron chi connectivity index (χ1n) is 3.76. The number of aliphatic carboxylic acids is 1. The fourth-order valence-electron chi connectivity index (χ4n) is 1.36. The van der Waals surface area contributed by atoms with Crippen molar-refractivity contribution in [3.8, 4) is 0 Å². The predicted octanol–water partition coefficient (Wildman–Crippen LogP) is 0.0397. The van der Waals surface area contributed by atoms with Crippen LogP contribution in [-0.4, -0.2) is 28.3 Å². The van der Waals surface area contributed by atoms with Crippen LogP contribution in [-0.2, 0) is 9.59 Å². The van der Waals surface area contributed by atoms with Gasteiger partial charge in [-0.05, 0) is 18.6 Å². The van der Waals surface area contributed by atoms with Crippen molar-refractivity contribution in [2.24, 2.45) is 0 Å². The van der Waals surface area contributed by atoms with Gasteiger partial charge >= 0.3 is 5.97 Å². The SMILES string of the molecule is O=C1CCC(CCS)(C(=O)O)N1. The van der Waals surface area contributed by atoms with Gasteiger partial charge in [-0.1, -0.05) is 0 Å². The zero-order chi connectivity index (χ0) is 9.19. The third-order valence-electron chi connectivity index (χ3n) is 2.11. The van der Waals surface area contributed by atoms with Gasteiger partial charge in [-0.25, -0.2) is 4.79 Å². The minimum atomic E-state index is -1.04. The summed E-state index contributed by atoms with van der Waals surface area (Å²) in [5.41, 5.74) is -1.04. The summed E-state index contributed by atoms with van der Waals surface area (Å²) in [6.07, 6.45) is 1.07. The zero-order valence-corrected chi connectivity index (χ0v) is 7.43. The predicted molar refractivity (Wildman–Crippen MR) is 46.2 cm³/mol. The van der Waals surface area contributed by atoms with Crippen LogP contribution in [0.3, 0.4) is 0 Å². The highest BCUT2D eigenvalue weighted by Gasteiger charge is 2.43. The van der Waals surface area contributed by atoms with E-state index in [9.17, 15) is 9.59 Å². The molecule has 1 atom stereocenters. The smallest absolute Gasteiger partial charge is 0.329 e. The third kappa shape index (κ3) is 1.55. The molecule has 5 heteroatoms. The molecule has 0 spiro atoms. The van der Waals surface area contributed by atoms with Crippen LogP contribution in [0.5, 0.6) is 0 Å². The first kappa shape index (κ1) is 9.38. The summed E-state index contributed by atoms with van der Waals surface area (Å²) >= 11 is 3.96. The summed E-state index contributed by atoms with van der Waals surface area (Å²) in [6.45, 7) is 0. The Bertz CT molecular complexity index is 219. The normalized spacial score (nSPS) is 28.6. The lowest BCUT2D eigenvalue weighted by Gasteiger charge is -2.22. The quantitative estimate of drug-likeness (QED) is 0.549. The summed E-state index contributed by atoms with van der Waals surface area (Å²) in [7, 11) is 0. The second-order valence-electron chi connectivity index (χ2n) is 2.91. The van der Waals surface area contributed by atoms with Gasteiger partial charge in [-0.15, -0.1) is 0 Å². The number of carboxylic acids is 1. The molecular weight excluding hydrogens is 178 g/mol. The number of nitrogens with one attached hydrogen (secondary N) is 1. The maximum Gasteiger partial charge on any atom is 0.329 e. The second-order valence-corrected chi connectivity index (χ2v) is 3.36. The molecule has 4 nitrogen and oxygen atoms in total. The average molecular weight is 189 g/mol. The summed E-state index contributed by atoms with van der Waals surface area (Å²) in [5.74, 6) is -0.673. The molecule has 2 N–H and O–H groups in total. The fraction of sp³-hybridized carbons (Fsp3) is 0.714. The highest BCUT2D eigenvalue weighted by molar-refractivity contribution is 7.80.